The van der Waals surface area contributed by atoms with Crippen LogP contribution in [0.2, 0.25) is 0 Å². The van der Waals surface area contributed by atoms with Crippen LogP contribution in [0.5, 0.6) is 0 Å². The van der Waals surface area contributed by atoms with Gasteiger partial charge in [0.05, 0.1) is 24.3 Å². The smallest absolute Gasteiger partial charge is 0.410 e. The summed E-state index contributed by atoms with van der Waals surface area (Å²) in [6.45, 7) is 11.2. The van der Waals surface area contributed by atoms with E-state index in [0.29, 0.717) is 12.8 Å². The Bertz CT molecular complexity index is 627. The van der Waals surface area contributed by atoms with E-state index in [0.717, 1.165) is 38.5 Å². The molecular formula is C24H42N2O6. The quantitative estimate of drug-likeness (QED) is 0.577. The predicted molar refractivity (Wildman–Crippen MR) is 120 cm³/mol. The number of hydrogen-bond donors (Lipinski definition) is 2. The fourth-order valence-corrected chi connectivity index (χ4v) is 5.51. The number of piperidine rings is 2. The highest BCUT2D eigenvalue weighted by Gasteiger charge is 2.47. The summed E-state index contributed by atoms with van der Waals surface area (Å²) in [7, 11) is 0. The van der Waals surface area contributed by atoms with Crippen LogP contribution in [0.3, 0.4) is 0 Å². The molecule has 4 bridgehead atoms. The maximum absolute atomic E-state index is 12.0. The average molecular weight is 455 g/mol. The molecule has 184 valence electrons. The number of aliphatic hydroxyl groups is 2. The van der Waals surface area contributed by atoms with E-state index in [9.17, 15) is 19.8 Å². The van der Waals surface area contributed by atoms with Crippen LogP contribution in [0.4, 0.5) is 9.59 Å². The topological polar surface area (TPSA) is 99.5 Å². The van der Waals surface area contributed by atoms with Crippen molar-refractivity contribution in [1.29, 1.82) is 0 Å². The summed E-state index contributed by atoms with van der Waals surface area (Å²) in [5, 5.41) is 19.7. The number of hydrogen-bond acceptors (Lipinski definition) is 6. The minimum Gasteiger partial charge on any atom is -0.444 e. The summed E-state index contributed by atoms with van der Waals surface area (Å²) >= 11 is 0. The maximum Gasteiger partial charge on any atom is 0.410 e. The van der Waals surface area contributed by atoms with Crippen molar-refractivity contribution in [2.24, 2.45) is 0 Å². The van der Waals surface area contributed by atoms with Crippen LogP contribution in [-0.4, -0.2) is 79.8 Å². The number of amides is 2. The lowest BCUT2D eigenvalue weighted by Crippen LogP contribution is -2.48. The van der Waals surface area contributed by atoms with Gasteiger partial charge in [-0.15, -0.1) is 0 Å². The Morgan fingerprint density at radius 1 is 0.688 bits per heavy atom. The molecule has 0 unspecified atom stereocenters. The van der Waals surface area contributed by atoms with Gasteiger partial charge >= 0.3 is 12.2 Å². The van der Waals surface area contributed by atoms with E-state index in [1.165, 1.54) is 0 Å². The van der Waals surface area contributed by atoms with Crippen molar-refractivity contribution in [3.63, 3.8) is 0 Å². The van der Waals surface area contributed by atoms with Gasteiger partial charge < -0.3 is 19.7 Å². The van der Waals surface area contributed by atoms with Crippen LogP contribution in [0.15, 0.2) is 0 Å². The predicted octanol–water partition coefficient (Wildman–Crippen LogP) is 3.82. The van der Waals surface area contributed by atoms with Gasteiger partial charge in [-0.25, -0.2) is 9.59 Å². The zero-order valence-electron chi connectivity index (χ0n) is 20.5. The normalized spacial score (nSPS) is 34.0. The molecule has 32 heavy (non-hydrogen) atoms. The molecule has 0 aliphatic carbocycles. The largest absolute Gasteiger partial charge is 0.444 e. The van der Waals surface area contributed by atoms with E-state index in [1.807, 2.05) is 41.5 Å². The zero-order valence-corrected chi connectivity index (χ0v) is 20.5. The molecule has 4 aliphatic heterocycles. The van der Waals surface area contributed by atoms with Gasteiger partial charge in [0.15, 0.2) is 0 Å². The van der Waals surface area contributed by atoms with E-state index in [4.69, 9.17) is 9.47 Å². The second kappa shape index (κ2) is 9.37. The van der Waals surface area contributed by atoms with Crippen LogP contribution >= 0.6 is 0 Å². The van der Waals surface area contributed by atoms with Crippen molar-refractivity contribution >= 4 is 12.2 Å². The van der Waals surface area contributed by atoms with Gasteiger partial charge in [-0.3, -0.25) is 9.80 Å². The summed E-state index contributed by atoms with van der Waals surface area (Å²) in [6, 6.07) is 0.328. The van der Waals surface area contributed by atoms with E-state index in [2.05, 4.69) is 0 Å². The lowest BCUT2D eigenvalue weighted by molar-refractivity contribution is -0.0000973. The monoisotopic (exact) mass is 454 g/mol. The van der Waals surface area contributed by atoms with Crippen LogP contribution in [0.25, 0.3) is 0 Å². The number of carbonyl (C=O) groups excluding carboxylic acids is 2. The Hall–Kier alpha value is -1.54. The van der Waals surface area contributed by atoms with Crippen LogP contribution < -0.4 is 0 Å². The Morgan fingerprint density at radius 3 is 1.31 bits per heavy atom. The highest BCUT2D eigenvalue weighted by Crippen LogP contribution is 2.37. The van der Waals surface area contributed by atoms with Gasteiger partial charge in [0.1, 0.15) is 11.2 Å². The Kier molecular flexibility index (Phi) is 7.35. The Balaban J connectivity index is 0.000000181. The summed E-state index contributed by atoms with van der Waals surface area (Å²) in [4.78, 5) is 27.6. The number of ether oxygens (including phenoxy) is 2. The molecule has 2 N–H and O–H groups in total. The van der Waals surface area contributed by atoms with E-state index < -0.39 is 11.2 Å². The molecule has 0 aromatic rings. The van der Waals surface area contributed by atoms with Gasteiger partial charge in [0, 0.05) is 12.1 Å². The molecular weight excluding hydrogens is 412 g/mol. The first-order chi connectivity index (χ1) is 14.8. The van der Waals surface area contributed by atoms with E-state index in [-0.39, 0.29) is 48.6 Å². The summed E-state index contributed by atoms with van der Waals surface area (Å²) in [5.74, 6) is 0. The first-order valence-electron chi connectivity index (χ1n) is 12.2. The standard InChI is InChI=1S/2C12H21NO3/c2*1-12(2,3)16-11(15)13-8-5-4-6-9(13)10(14)7-8/h2*8-10,14H,4-7H2,1-3H3/t2*8-,9+,10-/m10/s1. The van der Waals surface area contributed by atoms with Crippen LogP contribution in [-0.2, 0) is 9.47 Å². The second-order valence-electron chi connectivity index (χ2n) is 11.7. The first kappa shape index (κ1) is 25.1. The van der Waals surface area contributed by atoms with Gasteiger partial charge in [0.25, 0.3) is 0 Å². The molecule has 2 amide bonds. The molecule has 0 spiro atoms. The minimum atomic E-state index is -0.459. The summed E-state index contributed by atoms with van der Waals surface area (Å²) < 4.78 is 10.8. The SMILES string of the molecule is CC(C)(C)OC(=O)N1[C@@H]2CCC[C@H]1[C@H](O)C2.CC(C)(C)OC(=O)N1[C@H]2CCC[C@@H]1[C@@H](O)C2. The molecule has 4 fully saturated rings. The Morgan fingerprint density at radius 2 is 1.03 bits per heavy atom. The fraction of sp³-hybridized carbons (Fsp3) is 0.917. The lowest BCUT2D eigenvalue weighted by atomic mass is 10.0. The van der Waals surface area contributed by atoms with Crippen molar-refractivity contribution in [2.75, 3.05) is 0 Å². The van der Waals surface area contributed by atoms with Crippen LogP contribution in [0, 0.1) is 0 Å². The zero-order chi connectivity index (χ0) is 23.8. The van der Waals surface area contributed by atoms with Gasteiger partial charge in [-0.05, 0) is 92.9 Å². The molecule has 8 nitrogen and oxygen atoms in total. The molecule has 0 aromatic heterocycles. The van der Waals surface area contributed by atoms with E-state index in [1.54, 1.807) is 9.80 Å². The van der Waals surface area contributed by atoms with Crippen molar-refractivity contribution in [2.45, 2.75) is 140 Å². The summed E-state index contributed by atoms with van der Waals surface area (Å²) in [6.07, 6.45) is 6.16. The average Bonchev–Trinajstić information content (AvgIpc) is 2.95. The van der Waals surface area contributed by atoms with Gasteiger partial charge in [-0.2, -0.15) is 0 Å². The van der Waals surface area contributed by atoms with Crippen molar-refractivity contribution in [1.82, 2.24) is 9.80 Å². The lowest BCUT2D eigenvalue weighted by Gasteiger charge is -2.36. The molecule has 0 aromatic carbocycles. The van der Waals surface area contributed by atoms with E-state index >= 15 is 0 Å². The van der Waals surface area contributed by atoms with Crippen LogP contribution in [0.1, 0.15) is 92.9 Å². The maximum atomic E-state index is 12.0. The number of carbonyl (C=O) groups is 2. The molecule has 6 atom stereocenters. The Labute approximate surface area is 192 Å². The molecule has 0 radical (unpaired) electrons. The highest BCUT2D eigenvalue weighted by molar-refractivity contribution is 5.70. The van der Waals surface area contributed by atoms with Crippen molar-refractivity contribution < 1.29 is 29.3 Å². The first-order valence-corrected chi connectivity index (χ1v) is 12.2. The fourth-order valence-electron chi connectivity index (χ4n) is 5.51. The van der Waals surface area contributed by atoms with Crippen molar-refractivity contribution in [3.05, 3.63) is 0 Å². The third-order valence-electron chi connectivity index (χ3n) is 6.70. The third-order valence-corrected chi connectivity index (χ3v) is 6.70. The molecule has 8 heteroatoms. The highest BCUT2D eigenvalue weighted by atomic mass is 16.6. The molecule has 4 saturated heterocycles. The second-order valence-corrected chi connectivity index (χ2v) is 11.7. The number of rotatable bonds is 0. The van der Waals surface area contributed by atoms with Gasteiger partial charge in [-0.1, -0.05) is 0 Å². The molecule has 4 aliphatic rings. The number of nitrogens with zero attached hydrogens (tertiary/aromatic N) is 2. The minimum absolute atomic E-state index is 0.0198. The molecule has 4 rings (SSSR count). The third kappa shape index (κ3) is 5.87. The molecule has 4 heterocycles. The van der Waals surface area contributed by atoms with Crippen molar-refractivity contribution in [3.8, 4) is 0 Å². The number of fused-ring (bicyclic) bond motifs is 4. The number of aliphatic hydroxyl groups excluding tert-OH is 2. The molecule has 0 saturated carbocycles. The van der Waals surface area contributed by atoms with Gasteiger partial charge in [0.2, 0.25) is 0 Å². The summed E-state index contributed by atoms with van der Waals surface area (Å²) in [5.41, 5.74) is -0.919.